The number of nitrogens with one attached hydrogen (secondary N) is 1. The van der Waals surface area contributed by atoms with Crippen LogP contribution in [-0.2, 0) is 0 Å². The number of hydrogen-bond donors (Lipinski definition) is 1. The molecule has 5 heteroatoms. The molecule has 0 amide bonds. The third-order valence-electron chi connectivity index (χ3n) is 2.27. The minimum absolute atomic E-state index is 0.0298. The molecule has 1 aromatic rings. The van der Waals surface area contributed by atoms with Crippen molar-refractivity contribution in [3.05, 3.63) is 27.9 Å². The van der Waals surface area contributed by atoms with Crippen molar-refractivity contribution < 1.29 is 4.92 Å². The van der Waals surface area contributed by atoms with E-state index < -0.39 is 4.92 Å². The Labute approximate surface area is 88.7 Å². The predicted molar refractivity (Wildman–Crippen MR) is 59.0 cm³/mol. The molecule has 15 heavy (non-hydrogen) atoms. The molecule has 1 N–H and O–H groups in total. The van der Waals surface area contributed by atoms with Gasteiger partial charge in [0.15, 0.2) is 0 Å². The van der Waals surface area contributed by atoms with Crippen LogP contribution in [0.3, 0.4) is 0 Å². The smallest absolute Gasteiger partial charge is 0.287 e. The van der Waals surface area contributed by atoms with Crippen LogP contribution in [0, 0.1) is 17.0 Å². The zero-order chi connectivity index (χ0) is 11.4. The van der Waals surface area contributed by atoms with Gasteiger partial charge in [0.05, 0.1) is 4.92 Å². The van der Waals surface area contributed by atoms with E-state index in [1.54, 1.807) is 0 Å². The molecule has 0 aliphatic rings. The summed E-state index contributed by atoms with van der Waals surface area (Å²) in [7, 11) is 0. The Bertz CT molecular complexity index is 366. The molecule has 0 radical (unpaired) electrons. The van der Waals surface area contributed by atoms with Crippen molar-refractivity contribution in [2.24, 2.45) is 0 Å². The number of hydrogen-bond acceptors (Lipinski definition) is 4. The van der Waals surface area contributed by atoms with Gasteiger partial charge in [0.2, 0.25) is 0 Å². The van der Waals surface area contributed by atoms with Gasteiger partial charge in [-0.05, 0) is 25.8 Å². The molecule has 0 spiro atoms. The van der Waals surface area contributed by atoms with Gasteiger partial charge in [-0.1, -0.05) is 6.92 Å². The van der Waals surface area contributed by atoms with Crippen LogP contribution in [-0.4, -0.2) is 15.9 Å². The number of pyridine rings is 1. The van der Waals surface area contributed by atoms with Gasteiger partial charge in [-0.3, -0.25) is 10.1 Å². The van der Waals surface area contributed by atoms with Crippen molar-refractivity contribution in [1.82, 2.24) is 4.98 Å². The van der Waals surface area contributed by atoms with E-state index in [1.807, 2.05) is 13.8 Å². The first-order valence-corrected chi connectivity index (χ1v) is 4.92. The Morgan fingerprint density at radius 1 is 1.67 bits per heavy atom. The van der Waals surface area contributed by atoms with E-state index in [1.165, 1.54) is 12.3 Å². The van der Waals surface area contributed by atoms with Crippen LogP contribution in [0.15, 0.2) is 12.3 Å². The molecular formula is C10H15N3O2. The minimum Gasteiger partial charge on any atom is -0.367 e. The second-order valence-corrected chi connectivity index (χ2v) is 3.57. The molecule has 0 saturated heterocycles. The lowest BCUT2D eigenvalue weighted by atomic mass is 10.2. The van der Waals surface area contributed by atoms with E-state index in [2.05, 4.69) is 17.2 Å². The number of aryl methyl sites for hydroxylation is 1. The molecule has 1 rings (SSSR count). The quantitative estimate of drug-likeness (QED) is 0.611. The molecule has 0 bridgehead atoms. The maximum atomic E-state index is 10.5. The summed E-state index contributed by atoms with van der Waals surface area (Å²) < 4.78 is 0. The van der Waals surface area contributed by atoms with Gasteiger partial charge < -0.3 is 5.32 Å². The molecule has 0 aromatic carbocycles. The summed E-state index contributed by atoms with van der Waals surface area (Å²) in [6.07, 6.45) is 2.26. The Hall–Kier alpha value is -1.65. The first-order valence-electron chi connectivity index (χ1n) is 4.92. The molecule has 0 aliphatic heterocycles. The standard InChI is InChI=1S/C10H15N3O2/c1-4-8(3)12-10-7(2)5-9(6-11-10)13(14)15/h5-6,8H,4H2,1-3H3,(H,11,12). The highest BCUT2D eigenvalue weighted by atomic mass is 16.6. The monoisotopic (exact) mass is 209 g/mol. The number of nitro groups is 1. The summed E-state index contributed by atoms with van der Waals surface area (Å²) in [5.41, 5.74) is 0.826. The number of anilines is 1. The van der Waals surface area contributed by atoms with Crippen LogP contribution in [0.4, 0.5) is 11.5 Å². The van der Waals surface area contributed by atoms with Crippen molar-refractivity contribution in [2.75, 3.05) is 5.32 Å². The summed E-state index contributed by atoms with van der Waals surface area (Å²) in [6, 6.07) is 1.84. The molecule has 1 unspecified atom stereocenters. The first-order chi connectivity index (χ1) is 7.04. The van der Waals surface area contributed by atoms with Gasteiger partial charge in [0.25, 0.3) is 5.69 Å². The first kappa shape index (κ1) is 11.4. The molecule has 0 fully saturated rings. The number of aromatic nitrogens is 1. The van der Waals surface area contributed by atoms with Gasteiger partial charge in [0, 0.05) is 12.1 Å². The second-order valence-electron chi connectivity index (χ2n) is 3.57. The SMILES string of the molecule is CCC(C)Nc1ncc([N+](=O)[O-])cc1C. The van der Waals surface area contributed by atoms with Crippen molar-refractivity contribution >= 4 is 11.5 Å². The highest BCUT2D eigenvalue weighted by molar-refractivity contribution is 5.48. The maximum absolute atomic E-state index is 10.5. The molecule has 0 saturated carbocycles. The van der Waals surface area contributed by atoms with Crippen LogP contribution in [0.2, 0.25) is 0 Å². The summed E-state index contributed by atoms with van der Waals surface area (Å²) in [6.45, 7) is 5.92. The largest absolute Gasteiger partial charge is 0.367 e. The average Bonchev–Trinajstić information content (AvgIpc) is 2.20. The molecule has 1 heterocycles. The summed E-state index contributed by atoms with van der Waals surface area (Å²) in [5.74, 6) is 0.718. The lowest BCUT2D eigenvalue weighted by Crippen LogP contribution is -2.15. The highest BCUT2D eigenvalue weighted by Gasteiger charge is 2.10. The fourth-order valence-corrected chi connectivity index (χ4v) is 1.15. The lowest BCUT2D eigenvalue weighted by molar-refractivity contribution is -0.385. The van der Waals surface area contributed by atoms with E-state index in [0.717, 1.165) is 17.8 Å². The van der Waals surface area contributed by atoms with Gasteiger partial charge in [-0.2, -0.15) is 0 Å². The normalized spacial score (nSPS) is 12.2. The van der Waals surface area contributed by atoms with E-state index in [-0.39, 0.29) is 5.69 Å². The Kier molecular flexibility index (Phi) is 3.60. The van der Waals surface area contributed by atoms with Gasteiger partial charge in [0.1, 0.15) is 12.0 Å². The molecule has 82 valence electrons. The van der Waals surface area contributed by atoms with Crippen molar-refractivity contribution in [2.45, 2.75) is 33.2 Å². The fraction of sp³-hybridized carbons (Fsp3) is 0.500. The molecule has 1 atom stereocenters. The van der Waals surface area contributed by atoms with E-state index >= 15 is 0 Å². The third kappa shape index (κ3) is 2.90. The molecule has 0 aliphatic carbocycles. The fourth-order valence-electron chi connectivity index (χ4n) is 1.15. The van der Waals surface area contributed by atoms with E-state index in [9.17, 15) is 10.1 Å². The lowest BCUT2D eigenvalue weighted by Gasteiger charge is -2.13. The molecule has 5 nitrogen and oxygen atoms in total. The summed E-state index contributed by atoms with van der Waals surface area (Å²) >= 11 is 0. The minimum atomic E-state index is -0.437. The van der Waals surface area contributed by atoms with Crippen LogP contribution < -0.4 is 5.32 Å². The van der Waals surface area contributed by atoms with Crippen LogP contribution in [0.25, 0.3) is 0 Å². The highest BCUT2D eigenvalue weighted by Crippen LogP contribution is 2.18. The van der Waals surface area contributed by atoms with Crippen LogP contribution in [0.1, 0.15) is 25.8 Å². The van der Waals surface area contributed by atoms with Crippen LogP contribution >= 0.6 is 0 Å². The van der Waals surface area contributed by atoms with Gasteiger partial charge in [-0.15, -0.1) is 0 Å². The Balaban J connectivity index is 2.88. The topological polar surface area (TPSA) is 68.1 Å². The third-order valence-corrected chi connectivity index (χ3v) is 2.27. The molecular weight excluding hydrogens is 194 g/mol. The Morgan fingerprint density at radius 3 is 2.80 bits per heavy atom. The maximum Gasteiger partial charge on any atom is 0.287 e. The molecule has 1 aromatic heterocycles. The Morgan fingerprint density at radius 2 is 2.33 bits per heavy atom. The van der Waals surface area contributed by atoms with Crippen molar-refractivity contribution in [3.8, 4) is 0 Å². The van der Waals surface area contributed by atoms with Crippen molar-refractivity contribution in [1.29, 1.82) is 0 Å². The van der Waals surface area contributed by atoms with Gasteiger partial charge in [-0.25, -0.2) is 4.98 Å². The summed E-state index contributed by atoms with van der Waals surface area (Å²) in [5, 5.41) is 13.7. The summed E-state index contributed by atoms with van der Waals surface area (Å²) in [4.78, 5) is 14.1. The zero-order valence-corrected chi connectivity index (χ0v) is 9.15. The number of rotatable bonds is 4. The predicted octanol–water partition coefficient (Wildman–Crippen LogP) is 2.51. The van der Waals surface area contributed by atoms with E-state index in [4.69, 9.17) is 0 Å². The average molecular weight is 209 g/mol. The number of nitrogens with zero attached hydrogens (tertiary/aromatic N) is 2. The van der Waals surface area contributed by atoms with Gasteiger partial charge >= 0.3 is 0 Å². The second kappa shape index (κ2) is 4.72. The zero-order valence-electron chi connectivity index (χ0n) is 9.15. The van der Waals surface area contributed by atoms with Crippen molar-refractivity contribution in [3.63, 3.8) is 0 Å². The van der Waals surface area contributed by atoms with E-state index in [0.29, 0.717) is 6.04 Å². The van der Waals surface area contributed by atoms with Crippen LogP contribution in [0.5, 0.6) is 0 Å².